The molecule has 1 unspecified atom stereocenters. The molecular weight excluding hydrogens is 213 g/mol. The average molecular weight is 227 g/mol. The van der Waals surface area contributed by atoms with Gasteiger partial charge in [0.15, 0.2) is 11.5 Å². The van der Waals surface area contributed by atoms with Crippen molar-refractivity contribution in [3.63, 3.8) is 0 Å². The molecule has 16 heavy (non-hydrogen) atoms. The first-order valence-electron chi connectivity index (χ1n) is 5.06. The molecule has 0 aliphatic carbocycles. The molecule has 1 aliphatic heterocycles. The van der Waals surface area contributed by atoms with E-state index >= 15 is 0 Å². The van der Waals surface area contributed by atoms with E-state index in [1.807, 2.05) is 0 Å². The molecule has 0 aromatic heterocycles. The van der Waals surface area contributed by atoms with Crippen LogP contribution in [-0.4, -0.2) is 20.3 Å². The fraction of sp³-hybridized carbons (Fsp3) is 0.455. The smallest absolute Gasteiger partial charge is 0.211 e. The van der Waals surface area contributed by atoms with Crippen LogP contribution in [0.1, 0.15) is 18.5 Å². The lowest BCUT2D eigenvalue weighted by atomic mass is 10.1. The standard InChI is InChI=1S/C11H14FNO3/c1-6(13)7-5-8-11(16-4-3-15-8)9(12)10(7)14-2/h5-6H,3-4,13H2,1-2H3. The molecule has 2 N–H and O–H groups in total. The zero-order chi connectivity index (χ0) is 11.7. The van der Waals surface area contributed by atoms with E-state index in [2.05, 4.69) is 0 Å². The van der Waals surface area contributed by atoms with Gasteiger partial charge < -0.3 is 19.9 Å². The summed E-state index contributed by atoms with van der Waals surface area (Å²) in [5.74, 6) is 0.0654. The number of hydrogen-bond acceptors (Lipinski definition) is 4. The third kappa shape index (κ3) is 1.67. The Labute approximate surface area is 93.1 Å². The van der Waals surface area contributed by atoms with Crippen molar-refractivity contribution in [2.24, 2.45) is 5.73 Å². The molecule has 4 nitrogen and oxygen atoms in total. The predicted molar refractivity (Wildman–Crippen MR) is 56.5 cm³/mol. The van der Waals surface area contributed by atoms with Gasteiger partial charge in [-0.15, -0.1) is 0 Å². The minimum Gasteiger partial charge on any atom is -0.493 e. The summed E-state index contributed by atoms with van der Waals surface area (Å²) >= 11 is 0. The van der Waals surface area contributed by atoms with Crippen LogP contribution in [-0.2, 0) is 0 Å². The summed E-state index contributed by atoms with van der Waals surface area (Å²) in [6, 6.07) is 1.33. The highest BCUT2D eigenvalue weighted by Crippen LogP contribution is 2.42. The maximum absolute atomic E-state index is 14.0. The Morgan fingerprint density at radius 3 is 2.75 bits per heavy atom. The molecule has 88 valence electrons. The fourth-order valence-corrected chi connectivity index (χ4v) is 1.69. The Hall–Kier alpha value is -1.49. The summed E-state index contributed by atoms with van der Waals surface area (Å²) < 4.78 is 29.5. The van der Waals surface area contributed by atoms with Gasteiger partial charge in [0.25, 0.3) is 0 Å². The molecule has 0 fully saturated rings. The van der Waals surface area contributed by atoms with Crippen LogP contribution in [0.3, 0.4) is 0 Å². The van der Waals surface area contributed by atoms with Crippen molar-refractivity contribution in [3.05, 3.63) is 17.4 Å². The Morgan fingerprint density at radius 1 is 1.44 bits per heavy atom. The minimum absolute atomic E-state index is 0.104. The fourth-order valence-electron chi connectivity index (χ4n) is 1.69. The summed E-state index contributed by atoms with van der Waals surface area (Å²) in [6.07, 6.45) is 0. The number of hydrogen-bond donors (Lipinski definition) is 1. The summed E-state index contributed by atoms with van der Waals surface area (Å²) in [5, 5.41) is 0. The van der Waals surface area contributed by atoms with Crippen molar-refractivity contribution < 1.29 is 18.6 Å². The number of rotatable bonds is 2. The molecular formula is C11H14FNO3. The molecule has 1 heterocycles. The SMILES string of the molecule is COc1c(C(C)N)cc2c(c1F)OCCO2. The summed E-state index contributed by atoms with van der Waals surface area (Å²) in [6.45, 7) is 2.51. The summed E-state index contributed by atoms with van der Waals surface area (Å²) in [5.41, 5.74) is 6.32. The molecule has 1 atom stereocenters. The maximum atomic E-state index is 14.0. The number of halogens is 1. The molecule has 5 heteroatoms. The molecule has 2 rings (SSSR count). The number of nitrogens with two attached hydrogens (primary N) is 1. The van der Waals surface area contributed by atoms with Gasteiger partial charge in [-0.2, -0.15) is 4.39 Å². The van der Waals surface area contributed by atoms with E-state index in [9.17, 15) is 4.39 Å². The van der Waals surface area contributed by atoms with E-state index < -0.39 is 5.82 Å². The predicted octanol–water partition coefficient (Wildman–Crippen LogP) is 1.63. The maximum Gasteiger partial charge on any atom is 0.211 e. The molecule has 0 spiro atoms. The first-order valence-corrected chi connectivity index (χ1v) is 5.06. The minimum atomic E-state index is -0.549. The van der Waals surface area contributed by atoms with Crippen LogP contribution >= 0.6 is 0 Å². The molecule has 0 saturated carbocycles. The first-order chi connectivity index (χ1) is 7.65. The Kier molecular flexibility index (Phi) is 2.87. The lowest BCUT2D eigenvalue weighted by molar-refractivity contribution is 0.162. The third-order valence-electron chi connectivity index (χ3n) is 2.45. The van der Waals surface area contributed by atoms with E-state index in [1.54, 1.807) is 13.0 Å². The quantitative estimate of drug-likeness (QED) is 0.834. The van der Waals surface area contributed by atoms with Gasteiger partial charge in [0, 0.05) is 11.6 Å². The van der Waals surface area contributed by atoms with Gasteiger partial charge in [0.2, 0.25) is 11.6 Å². The molecule has 0 bridgehead atoms. The highest BCUT2D eigenvalue weighted by atomic mass is 19.1. The summed E-state index contributed by atoms with van der Waals surface area (Å²) in [4.78, 5) is 0. The largest absolute Gasteiger partial charge is 0.493 e. The van der Waals surface area contributed by atoms with Crippen LogP contribution in [0.4, 0.5) is 4.39 Å². The zero-order valence-electron chi connectivity index (χ0n) is 9.25. The monoisotopic (exact) mass is 227 g/mol. The van der Waals surface area contributed by atoms with Crippen molar-refractivity contribution in [1.82, 2.24) is 0 Å². The number of benzene rings is 1. The van der Waals surface area contributed by atoms with Crippen LogP contribution in [0.5, 0.6) is 17.2 Å². The summed E-state index contributed by atoms with van der Waals surface area (Å²) in [7, 11) is 1.40. The van der Waals surface area contributed by atoms with Crippen LogP contribution < -0.4 is 19.9 Å². The van der Waals surface area contributed by atoms with Gasteiger partial charge >= 0.3 is 0 Å². The Bertz CT molecular complexity index is 407. The normalized spacial score (nSPS) is 15.8. The van der Waals surface area contributed by atoms with Gasteiger partial charge in [-0.05, 0) is 13.0 Å². The van der Waals surface area contributed by atoms with Crippen molar-refractivity contribution in [1.29, 1.82) is 0 Å². The van der Waals surface area contributed by atoms with Crippen molar-refractivity contribution in [2.45, 2.75) is 13.0 Å². The van der Waals surface area contributed by atoms with Crippen molar-refractivity contribution in [2.75, 3.05) is 20.3 Å². The lowest BCUT2D eigenvalue weighted by Gasteiger charge is -2.22. The molecule has 0 radical (unpaired) electrons. The molecule has 0 amide bonds. The average Bonchev–Trinajstić information content (AvgIpc) is 2.29. The molecule has 1 aromatic rings. The molecule has 1 aromatic carbocycles. The number of methoxy groups -OCH3 is 1. The Balaban J connectivity index is 2.59. The zero-order valence-corrected chi connectivity index (χ0v) is 9.25. The molecule has 1 aliphatic rings. The molecule has 0 saturated heterocycles. The number of ether oxygens (including phenoxy) is 3. The van der Waals surface area contributed by atoms with Gasteiger partial charge in [-0.1, -0.05) is 0 Å². The second-order valence-corrected chi connectivity index (χ2v) is 3.63. The van der Waals surface area contributed by atoms with Crippen molar-refractivity contribution >= 4 is 0 Å². The van der Waals surface area contributed by atoms with Crippen LogP contribution in [0, 0.1) is 5.82 Å². The van der Waals surface area contributed by atoms with Crippen LogP contribution in [0.15, 0.2) is 6.07 Å². The third-order valence-corrected chi connectivity index (χ3v) is 2.45. The van der Waals surface area contributed by atoms with Crippen molar-refractivity contribution in [3.8, 4) is 17.2 Å². The Morgan fingerprint density at radius 2 is 2.12 bits per heavy atom. The van der Waals surface area contributed by atoms with E-state index in [-0.39, 0.29) is 17.5 Å². The first kappa shape index (κ1) is 11.0. The van der Waals surface area contributed by atoms with Crippen LogP contribution in [0.2, 0.25) is 0 Å². The highest BCUT2D eigenvalue weighted by molar-refractivity contribution is 5.53. The van der Waals surface area contributed by atoms with E-state index in [0.29, 0.717) is 24.5 Å². The topological polar surface area (TPSA) is 53.7 Å². The van der Waals surface area contributed by atoms with Gasteiger partial charge in [-0.3, -0.25) is 0 Å². The second-order valence-electron chi connectivity index (χ2n) is 3.63. The van der Waals surface area contributed by atoms with E-state index in [1.165, 1.54) is 7.11 Å². The highest BCUT2D eigenvalue weighted by Gasteiger charge is 2.25. The number of fused-ring (bicyclic) bond motifs is 1. The van der Waals surface area contributed by atoms with Gasteiger partial charge in [-0.25, -0.2) is 0 Å². The van der Waals surface area contributed by atoms with Gasteiger partial charge in [0.1, 0.15) is 13.2 Å². The lowest BCUT2D eigenvalue weighted by Crippen LogP contribution is -2.18. The van der Waals surface area contributed by atoms with Crippen LogP contribution in [0.25, 0.3) is 0 Å². The van der Waals surface area contributed by atoms with E-state index in [0.717, 1.165) is 0 Å². The second kappa shape index (κ2) is 4.17. The van der Waals surface area contributed by atoms with Gasteiger partial charge in [0.05, 0.1) is 7.11 Å². The van der Waals surface area contributed by atoms with E-state index in [4.69, 9.17) is 19.9 Å².